The van der Waals surface area contributed by atoms with Crippen LogP contribution in [0.3, 0.4) is 0 Å². The van der Waals surface area contributed by atoms with Crippen molar-refractivity contribution in [3.63, 3.8) is 0 Å². The van der Waals surface area contributed by atoms with Gasteiger partial charge in [0.15, 0.2) is 9.84 Å². The minimum absolute atomic E-state index is 0.0460. The Balaban J connectivity index is 1.46. The highest BCUT2D eigenvalue weighted by atomic mass is 32.2. The second kappa shape index (κ2) is 8.58. The second-order valence-electron chi connectivity index (χ2n) is 7.56. The molecule has 1 aliphatic heterocycles. The molecule has 2 aromatic carbocycles. The number of sulfone groups is 1. The summed E-state index contributed by atoms with van der Waals surface area (Å²) in [6, 6.07) is 12.8. The van der Waals surface area contributed by atoms with Gasteiger partial charge in [0.1, 0.15) is 5.82 Å². The Hall–Kier alpha value is -3.07. The lowest BCUT2D eigenvalue weighted by Gasteiger charge is -2.20. The Morgan fingerprint density at radius 3 is 2.65 bits per heavy atom. The predicted octanol–water partition coefficient (Wildman–Crippen LogP) is 2.31. The van der Waals surface area contributed by atoms with Crippen molar-refractivity contribution in [1.82, 2.24) is 14.5 Å². The van der Waals surface area contributed by atoms with E-state index in [4.69, 9.17) is 0 Å². The highest BCUT2D eigenvalue weighted by molar-refractivity contribution is 7.91. The third-order valence-electron chi connectivity index (χ3n) is 5.64. The van der Waals surface area contributed by atoms with Crippen LogP contribution in [0.15, 0.2) is 59.7 Å². The molecule has 0 bridgehead atoms. The van der Waals surface area contributed by atoms with Crippen molar-refractivity contribution in [2.75, 3.05) is 18.8 Å². The Kier molecular flexibility index (Phi) is 5.86. The van der Waals surface area contributed by atoms with Crippen molar-refractivity contribution < 1.29 is 17.6 Å². The number of aromatic nitrogens is 2. The fourth-order valence-electron chi connectivity index (χ4n) is 3.92. The molecule has 162 valence electrons. The van der Waals surface area contributed by atoms with Gasteiger partial charge in [-0.25, -0.2) is 17.8 Å². The lowest BCUT2D eigenvalue weighted by Crippen LogP contribution is -2.35. The molecule has 9 heteroatoms. The summed E-state index contributed by atoms with van der Waals surface area (Å²) in [5.74, 6) is -1.03. The number of nitrogens with zero attached hydrogens (tertiary/aromatic N) is 3. The average Bonchev–Trinajstić information content (AvgIpc) is 2.92. The number of carbonyl (C=O) groups is 1. The van der Waals surface area contributed by atoms with Crippen LogP contribution in [-0.4, -0.2) is 47.6 Å². The summed E-state index contributed by atoms with van der Waals surface area (Å²) in [5.41, 5.74) is 0.508. The summed E-state index contributed by atoms with van der Waals surface area (Å²) in [6.07, 6.45) is 1.59. The monoisotopic (exact) mass is 443 g/mol. The van der Waals surface area contributed by atoms with Gasteiger partial charge in [0, 0.05) is 31.6 Å². The number of hydrogen-bond acceptors (Lipinski definition) is 5. The Morgan fingerprint density at radius 1 is 1.10 bits per heavy atom. The van der Waals surface area contributed by atoms with Crippen molar-refractivity contribution >= 4 is 26.6 Å². The third kappa shape index (κ3) is 4.36. The molecule has 0 radical (unpaired) electrons. The van der Waals surface area contributed by atoms with Gasteiger partial charge in [-0.1, -0.05) is 30.3 Å². The van der Waals surface area contributed by atoms with Crippen molar-refractivity contribution in [2.45, 2.75) is 24.6 Å². The zero-order valence-corrected chi connectivity index (χ0v) is 17.6. The second-order valence-corrected chi connectivity index (χ2v) is 9.86. The average molecular weight is 444 g/mol. The summed E-state index contributed by atoms with van der Waals surface area (Å²) in [7, 11) is -3.60. The van der Waals surface area contributed by atoms with Crippen LogP contribution in [0.2, 0.25) is 0 Å². The van der Waals surface area contributed by atoms with Crippen LogP contribution in [0.25, 0.3) is 10.9 Å². The smallest absolute Gasteiger partial charge is 0.261 e. The topological polar surface area (TPSA) is 89.3 Å². The van der Waals surface area contributed by atoms with Crippen LogP contribution in [0.4, 0.5) is 4.39 Å². The van der Waals surface area contributed by atoms with Gasteiger partial charge in [-0.05, 0) is 24.6 Å². The van der Waals surface area contributed by atoms with Crippen molar-refractivity contribution in [2.24, 2.45) is 0 Å². The third-order valence-corrected chi connectivity index (χ3v) is 7.75. The number of rotatable bonds is 4. The van der Waals surface area contributed by atoms with E-state index in [1.807, 2.05) is 0 Å². The number of benzene rings is 2. The number of carbonyl (C=O) groups excluding carboxylic acids is 1. The highest BCUT2D eigenvalue weighted by Gasteiger charge is 2.34. The van der Waals surface area contributed by atoms with E-state index < -0.39 is 20.9 Å². The first-order valence-electron chi connectivity index (χ1n) is 10.0. The van der Waals surface area contributed by atoms with E-state index in [2.05, 4.69) is 4.98 Å². The molecular weight excluding hydrogens is 421 g/mol. The molecule has 0 aliphatic carbocycles. The lowest BCUT2D eigenvalue weighted by molar-refractivity contribution is -0.131. The molecule has 0 saturated carbocycles. The van der Waals surface area contributed by atoms with Gasteiger partial charge < -0.3 is 4.90 Å². The van der Waals surface area contributed by atoms with Crippen LogP contribution in [0, 0.1) is 5.82 Å². The molecule has 2 heterocycles. The predicted molar refractivity (Wildman–Crippen MR) is 115 cm³/mol. The molecule has 3 aromatic rings. The van der Waals surface area contributed by atoms with E-state index in [1.54, 1.807) is 30.3 Å². The molecule has 1 fully saturated rings. The number of amides is 1. The standard InChI is InChI=1S/C22H22FN3O4S/c23-18-7-3-1-5-16(18)20-9-11-25(13-14-31(20,29)30)21(27)10-12-26-15-24-19-8-4-2-6-17(19)22(26)28/h1-8,15,20H,9-14H2. The molecule has 1 aromatic heterocycles. The summed E-state index contributed by atoms with van der Waals surface area (Å²) in [4.78, 5) is 31.0. The van der Waals surface area contributed by atoms with E-state index in [0.29, 0.717) is 10.9 Å². The number of halogens is 1. The summed E-state index contributed by atoms with van der Waals surface area (Å²) in [5, 5.41) is -0.496. The lowest BCUT2D eigenvalue weighted by atomic mass is 10.1. The molecule has 1 aliphatic rings. The van der Waals surface area contributed by atoms with Gasteiger partial charge >= 0.3 is 0 Å². The van der Waals surface area contributed by atoms with E-state index in [1.165, 1.54) is 34.0 Å². The van der Waals surface area contributed by atoms with Crippen LogP contribution in [0.5, 0.6) is 0 Å². The molecule has 0 N–H and O–H groups in total. The van der Waals surface area contributed by atoms with Crippen LogP contribution >= 0.6 is 0 Å². The Labute approximate surface area is 179 Å². The maximum atomic E-state index is 14.2. The molecule has 1 saturated heterocycles. The first kappa shape index (κ1) is 21.2. The molecule has 31 heavy (non-hydrogen) atoms. The van der Waals surface area contributed by atoms with Gasteiger partial charge in [0.2, 0.25) is 5.91 Å². The maximum absolute atomic E-state index is 14.2. The van der Waals surface area contributed by atoms with E-state index in [9.17, 15) is 22.4 Å². The minimum atomic E-state index is -3.60. The summed E-state index contributed by atoms with van der Waals surface area (Å²) >= 11 is 0. The van der Waals surface area contributed by atoms with Crippen molar-refractivity contribution in [3.05, 3.63) is 76.6 Å². The van der Waals surface area contributed by atoms with Gasteiger partial charge in [-0.2, -0.15) is 0 Å². The SMILES string of the molecule is O=C(CCn1cnc2ccccc2c1=O)N1CCC(c2ccccc2F)S(=O)(=O)CC1. The first-order chi connectivity index (χ1) is 14.9. The van der Waals surface area contributed by atoms with Gasteiger partial charge in [0.05, 0.1) is 28.2 Å². The van der Waals surface area contributed by atoms with E-state index in [-0.39, 0.29) is 55.3 Å². The highest BCUT2D eigenvalue weighted by Crippen LogP contribution is 2.31. The molecule has 1 amide bonds. The number of aryl methyl sites for hydroxylation is 1. The van der Waals surface area contributed by atoms with Crippen molar-refractivity contribution in [1.29, 1.82) is 0 Å². The fourth-order valence-corrected chi connectivity index (χ4v) is 5.72. The number of para-hydroxylation sites is 1. The van der Waals surface area contributed by atoms with Gasteiger partial charge in [-0.15, -0.1) is 0 Å². The van der Waals surface area contributed by atoms with E-state index in [0.717, 1.165) is 0 Å². The zero-order valence-electron chi connectivity index (χ0n) is 16.8. The Morgan fingerprint density at radius 2 is 1.84 bits per heavy atom. The largest absolute Gasteiger partial charge is 0.342 e. The summed E-state index contributed by atoms with van der Waals surface area (Å²) in [6.45, 7) is 0.411. The van der Waals surface area contributed by atoms with Crippen LogP contribution in [-0.2, 0) is 21.2 Å². The fraction of sp³-hybridized carbons (Fsp3) is 0.318. The van der Waals surface area contributed by atoms with Crippen LogP contribution < -0.4 is 5.56 Å². The van der Waals surface area contributed by atoms with Crippen LogP contribution in [0.1, 0.15) is 23.7 Å². The van der Waals surface area contributed by atoms with Gasteiger partial charge in [-0.3, -0.25) is 14.2 Å². The molecule has 1 unspecified atom stereocenters. The van der Waals surface area contributed by atoms with E-state index >= 15 is 0 Å². The molecule has 4 rings (SSSR count). The number of fused-ring (bicyclic) bond motifs is 1. The Bertz CT molecular complexity index is 1290. The molecule has 1 atom stereocenters. The zero-order chi connectivity index (χ0) is 22.0. The normalized spacial score (nSPS) is 18.6. The molecular formula is C22H22FN3O4S. The maximum Gasteiger partial charge on any atom is 0.261 e. The quantitative estimate of drug-likeness (QED) is 0.617. The summed E-state index contributed by atoms with van der Waals surface area (Å²) < 4.78 is 41.0. The first-order valence-corrected chi connectivity index (χ1v) is 11.8. The van der Waals surface area contributed by atoms with Gasteiger partial charge in [0.25, 0.3) is 5.56 Å². The van der Waals surface area contributed by atoms with Crippen molar-refractivity contribution in [3.8, 4) is 0 Å². The molecule has 7 nitrogen and oxygen atoms in total. The molecule has 0 spiro atoms. The number of hydrogen-bond donors (Lipinski definition) is 0. The minimum Gasteiger partial charge on any atom is -0.342 e.